The lowest BCUT2D eigenvalue weighted by Crippen LogP contribution is -2.68. The van der Waals surface area contributed by atoms with Gasteiger partial charge in [0.05, 0.1) is 0 Å². The van der Waals surface area contributed by atoms with Crippen LogP contribution in [0.25, 0.3) is 0 Å². The van der Waals surface area contributed by atoms with Crippen molar-refractivity contribution < 1.29 is 0 Å². The number of halogens is 1. The van der Waals surface area contributed by atoms with Gasteiger partial charge in [0.1, 0.15) is 0 Å². The van der Waals surface area contributed by atoms with Crippen molar-refractivity contribution in [3.8, 4) is 0 Å². The van der Waals surface area contributed by atoms with Crippen molar-refractivity contribution in [2.75, 3.05) is 19.6 Å². The van der Waals surface area contributed by atoms with E-state index in [1.54, 1.807) is 0 Å². The molecule has 0 aromatic rings. The van der Waals surface area contributed by atoms with Crippen LogP contribution >= 0.6 is 12.4 Å². The monoisotopic (exact) mass is 176 g/mol. The first-order valence-electron chi connectivity index (χ1n) is 4.18. The first-order valence-corrected chi connectivity index (χ1v) is 4.18. The third-order valence-electron chi connectivity index (χ3n) is 2.94. The van der Waals surface area contributed by atoms with Gasteiger partial charge in [-0.2, -0.15) is 0 Å². The second kappa shape index (κ2) is 2.92. The number of likely N-dealkylation sites (tertiary alicyclic amines) is 1. The van der Waals surface area contributed by atoms with Gasteiger partial charge >= 0.3 is 0 Å². The van der Waals surface area contributed by atoms with Crippen LogP contribution in [0.15, 0.2) is 0 Å². The van der Waals surface area contributed by atoms with Crippen molar-refractivity contribution in [3.05, 3.63) is 0 Å². The maximum absolute atomic E-state index is 3.31. The quantitative estimate of drug-likeness (QED) is 0.638. The predicted molar refractivity (Wildman–Crippen MR) is 49.3 cm³/mol. The van der Waals surface area contributed by atoms with E-state index in [0.29, 0.717) is 5.54 Å². The standard InChI is InChI=1S/C8H16N2.ClH/c1-8(2)3-4-10(8)7-5-9-6-7;/h7,9H,3-6H2,1-2H3;1H. The lowest BCUT2D eigenvalue weighted by Gasteiger charge is -2.55. The summed E-state index contributed by atoms with van der Waals surface area (Å²) in [5.74, 6) is 0. The number of nitrogens with one attached hydrogen (secondary N) is 1. The highest BCUT2D eigenvalue weighted by atomic mass is 35.5. The molecule has 2 rings (SSSR count). The van der Waals surface area contributed by atoms with E-state index in [9.17, 15) is 0 Å². The van der Waals surface area contributed by atoms with Gasteiger partial charge in [0, 0.05) is 31.2 Å². The van der Waals surface area contributed by atoms with E-state index in [-0.39, 0.29) is 12.4 Å². The van der Waals surface area contributed by atoms with Gasteiger partial charge < -0.3 is 5.32 Å². The second-order valence-corrected chi connectivity index (χ2v) is 4.07. The fourth-order valence-corrected chi connectivity index (χ4v) is 1.86. The SMILES string of the molecule is CC1(C)CCN1C1CNC1.Cl. The van der Waals surface area contributed by atoms with E-state index in [1.807, 2.05) is 0 Å². The zero-order chi connectivity index (χ0) is 7.19. The summed E-state index contributed by atoms with van der Waals surface area (Å²) in [6, 6.07) is 0.851. The third kappa shape index (κ3) is 1.40. The second-order valence-electron chi connectivity index (χ2n) is 4.07. The first-order chi connectivity index (χ1) is 4.70. The highest BCUT2D eigenvalue weighted by Gasteiger charge is 2.41. The minimum atomic E-state index is 0. The van der Waals surface area contributed by atoms with Crippen LogP contribution in [0.3, 0.4) is 0 Å². The third-order valence-corrected chi connectivity index (χ3v) is 2.94. The molecule has 66 valence electrons. The summed E-state index contributed by atoms with van der Waals surface area (Å²) >= 11 is 0. The average molecular weight is 177 g/mol. The van der Waals surface area contributed by atoms with E-state index in [4.69, 9.17) is 0 Å². The number of hydrogen-bond donors (Lipinski definition) is 1. The Balaban J connectivity index is 0.000000605. The zero-order valence-corrected chi connectivity index (χ0v) is 8.08. The van der Waals surface area contributed by atoms with Crippen molar-refractivity contribution in [1.29, 1.82) is 0 Å². The Morgan fingerprint density at radius 2 is 2.00 bits per heavy atom. The molecule has 2 heterocycles. The van der Waals surface area contributed by atoms with Crippen LogP contribution in [0.4, 0.5) is 0 Å². The molecule has 11 heavy (non-hydrogen) atoms. The van der Waals surface area contributed by atoms with Gasteiger partial charge in [0.2, 0.25) is 0 Å². The molecule has 1 N–H and O–H groups in total. The highest BCUT2D eigenvalue weighted by molar-refractivity contribution is 5.85. The molecule has 0 atom stereocenters. The van der Waals surface area contributed by atoms with E-state index >= 15 is 0 Å². The molecule has 0 bridgehead atoms. The molecule has 3 heteroatoms. The molecule has 2 aliphatic heterocycles. The van der Waals surface area contributed by atoms with Crippen molar-refractivity contribution in [2.45, 2.75) is 31.8 Å². The Kier molecular flexibility index (Phi) is 2.47. The van der Waals surface area contributed by atoms with E-state index in [0.717, 1.165) is 6.04 Å². The fourth-order valence-electron chi connectivity index (χ4n) is 1.86. The van der Waals surface area contributed by atoms with Crippen LogP contribution in [0, 0.1) is 0 Å². The van der Waals surface area contributed by atoms with Gasteiger partial charge in [-0.15, -0.1) is 12.4 Å². The van der Waals surface area contributed by atoms with Crippen LogP contribution in [-0.2, 0) is 0 Å². The molecule has 0 saturated carbocycles. The molecule has 2 nitrogen and oxygen atoms in total. The van der Waals surface area contributed by atoms with Gasteiger partial charge in [0.25, 0.3) is 0 Å². The summed E-state index contributed by atoms with van der Waals surface area (Å²) in [5, 5.41) is 3.31. The molecular weight excluding hydrogens is 160 g/mol. The largest absolute Gasteiger partial charge is 0.314 e. The van der Waals surface area contributed by atoms with Crippen LogP contribution in [-0.4, -0.2) is 36.1 Å². The van der Waals surface area contributed by atoms with Crippen molar-refractivity contribution in [2.24, 2.45) is 0 Å². The molecule has 0 unspecified atom stereocenters. The van der Waals surface area contributed by atoms with Gasteiger partial charge in [-0.25, -0.2) is 0 Å². The summed E-state index contributed by atoms with van der Waals surface area (Å²) in [4.78, 5) is 2.61. The molecule has 2 saturated heterocycles. The van der Waals surface area contributed by atoms with E-state index in [2.05, 4.69) is 24.1 Å². The van der Waals surface area contributed by atoms with Gasteiger partial charge in [-0.05, 0) is 20.3 Å². The summed E-state index contributed by atoms with van der Waals surface area (Å²) in [5.41, 5.74) is 0.507. The molecule has 0 aromatic heterocycles. The minimum absolute atomic E-state index is 0. The van der Waals surface area contributed by atoms with Crippen LogP contribution in [0.1, 0.15) is 20.3 Å². The number of hydrogen-bond acceptors (Lipinski definition) is 2. The maximum Gasteiger partial charge on any atom is 0.0350 e. The summed E-state index contributed by atoms with van der Waals surface area (Å²) in [7, 11) is 0. The van der Waals surface area contributed by atoms with Gasteiger partial charge in [-0.1, -0.05) is 0 Å². The molecule has 0 radical (unpaired) electrons. The van der Waals surface area contributed by atoms with Gasteiger partial charge in [-0.3, -0.25) is 4.90 Å². The normalized spacial score (nSPS) is 30.0. The number of nitrogens with zero attached hydrogens (tertiary/aromatic N) is 1. The maximum atomic E-state index is 3.31. The summed E-state index contributed by atoms with van der Waals surface area (Å²) in [6.07, 6.45) is 1.38. The molecular formula is C8H17ClN2. The molecule has 0 aliphatic carbocycles. The molecule has 0 spiro atoms. The highest BCUT2D eigenvalue weighted by Crippen LogP contribution is 2.32. The van der Waals surface area contributed by atoms with Crippen molar-refractivity contribution in [1.82, 2.24) is 10.2 Å². The van der Waals surface area contributed by atoms with Crippen LogP contribution in [0.2, 0.25) is 0 Å². The molecule has 0 aromatic carbocycles. The Morgan fingerprint density at radius 3 is 2.09 bits per heavy atom. The summed E-state index contributed by atoms with van der Waals surface area (Å²) in [6.45, 7) is 8.43. The lowest BCUT2D eigenvalue weighted by molar-refractivity contribution is -0.0415. The smallest absolute Gasteiger partial charge is 0.0350 e. The van der Waals surface area contributed by atoms with Crippen molar-refractivity contribution in [3.63, 3.8) is 0 Å². The molecule has 0 amide bonds. The first kappa shape index (κ1) is 9.30. The van der Waals surface area contributed by atoms with E-state index in [1.165, 1.54) is 26.1 Å². The zero-order valence-electron chi connectivity index (χ0n) is 7.26. The Morgan fingerprint density at radius 1 is 1.36 bits per heavy atom. The predicted octanol–water partition coefficient (Wildman–Crippen LogP) is 0.864. The number of rotatable bonds is 1. The lowest BCUT2D eigenvalue weighted by atomic mass is 9.85. The summed E-state index contributed by atoms with van der Waals surface area (Å²) < 4.78 is 0. The van der Waals surface area contributed by atoms with Crippen molar-refractivity contribution >= 4 is 12.4 Å². The Labute approximate surface area is 74.7 Å². The topological polar surface area (TPSA) is 15.3 Å². The molecule has 2 aliphatic rings. The van der Waals surface area contributed by atoms with Crippen LogP contribution < -0.4 is 5.32 Å². The Hall–Kier alpha value is 0.210. The van der Waals surface area contributed by atoms with E-state index < -0.39 is 0 Å². The Bertz CT molecular complexity index is 143. The molecule has 2 fully saturated rings. The van der Waals surface area contributed by atoms with Crippen LogP contribution in [0.5, 0.6) is 0 Å². The minimum Gasteiger partial charge on any atom is -0.314 e. The van der Waals surface area contributed by atoms with Gasteiger partial charge in [0.15, 0.2) is 0 Å². The fraction of sp³-hybridized carbons (Fsp3) is 1.00. The average Bonchev–Trinajstić information content (AvgIpc) is 1.76.